The third-order valence-electron chi connectivity index (χ3n) is 1.64. The molecule has 1 aliphatic rings. The van der Waals surface area contributed by atoms with Crippen molar-refractivity contribution in [3.8, 4) is 0 Å². The van der Waals surface area contributed by atoms with Crippen molar-refractivity contribution >= 4 is 35.5 Å². The first-order valence-corrected chi connectivity index (χ1v) is 6.44. The number of thioether (sulfide) groups is 2. The van der Waals surface area contributed by atoms with E-state index in [0.717, 1.165) is 0 Å². The van der Waals surface area contributed by atoms with Gasteiger partial charge < -0.3 is 9.47 Å². The maximum atomic E-state index is 11.7. The minimum absolute atomic E-state index is 0.0176. The lowest BCUT2D eigenvalue weighted by atomic mass is 10.3. The Morgan fingerprint density at radius 3 is 2.38 bits per heavy atom. The zero-order valence-corrected chi connectivity index (χ0v) is 10.7. The van der Waals surface area contributed by atoms with Crippen LogP contribution in [-0.2, 0) is 19.1 Å². The van der Waals surface area contributed by atoms with Crippen molar-refractivity contribution in [2.75, 3.05) is 13.7 Å². The molecule has 0 atom stereocenters. The molecular weight excluding hydrogens is 248 g/mol. The molecule has 0 amide bonds. The summed E-state index contributed by atoms with van der Waals surface area (Å²) in [5.74, 6) is -1.27. The van der Waals surface area contributed by atoms with Crippen LogP contribution in [0.5, 0.6) is 0 Å². The van der Waals surface area contributed by atoms with Crippen molar-refractivity contribution < 1.29 is 19.1 Å². The molecule has 0 fully saturated rings. The predicted molar refractivity (Wildman–Crippen MR) is 64.6 cm³/mol. The van der Waals surface area contributed by atoms with Gasteiger partial charge in [-0.1, -0.05) is 30.4 Å². The Labute approximate surface area is 102 Å². The molecule has 6 heteroatoms. The summed E-state index contributed by atoms with van der Waals surface area (Å²) in [5.41, 5.74) is -0.0176. The lowest BCUT2D eigenvalue weighted by molar-refractivity contribution is -0.145. The Balaban J connectivity index is 2.83. The Bertz CT molecular complexity index is 337. The van der Waals surface area contributed by atoms with E-state index in [0.29, 0.717) is 17.3 Å². The minimum atomic E-state index is -0.653. The largest absolute Gasteiger partial charge is 0.465 e. The summed E-state index contributed by atoms with van der Waals surface area (Å²) in [6.07, 6.45) is 0.716. The van der Waals surface area contributed by atoms with Gasteiger partial charge in [-0.2, -0.15) is 0 Å². The maximum Gasteiger partial charge on any atom is 0.347 e. The standard InChI is InChI=1S/C10H12O4S2/c1-3-4-14-9(12)7(8(11)13-2)10-15-5-6-16-10/h5-6H,3-4H2,1-2H3. The van der Waals surface area contributed by atoms with E-state index < -0.39 is 11.9 Å². The van der Waals surface area contributed by atoms with E-state index in [1.54, 1.807) is 10.8 Å². The Kier molecular flexibility index (Phi) is 5.48. The van der Waals surface area contributed by atoms with E-state index in [-0.39, 0.29) is 5.57 Å². The Hall–Kier alpha value is -0.880. The summed E-state index contributed by atoms with van der Waals surface area (Å²) in [6, 6.07) is 0. The summed E-state index contributed by atoms with van der Waals surface area (Å²) < 4.78 is 10.1. The average Bonchev–Trinajstić information content (AvgIpc) is 2.79. The van der Waals surface area contributed by atoms with Crippen LogP contribution in [0.2, 0.25) is 0 Å². The molecular formula is C10H12O4S2. The molecule has 0 saturated carbocycles. The highest BCUT2D eigenvalue weighted by molar-refractivity contribution is 8.27. The first-order chi connectivity index (χ1) is 7.70. The predicted octanol–water partition coefficient (Wildman–Crippen LogP) is 2.28. The lowest BCUT2D eigenvalue weighted by Crippen LogP contribution is -2.18. The second-order valence-corrected chi connectivity index (χ2v) is 4.89. The van der Waals surface area contributed by atoms with E-state index in [2.05, 4.69) is 4.74 Å². The van der Waals surface area contributed by atoms with Crippen LogP contribution >= 0.6 is 23.5 Å². The molecule has 0 radical (unpaired) electrons. The van der Waals surface area contributed by atoms with E-state index in [1.807, 2.05) is 6.92 Å². The molecule has 0 saturated heterocycles. The van der Waals surface area contributed by atoms with Crippen LogP contribution in [0.15, 0.2) is 20.6 Å². The fourth-order valence-electron chi connectivity index (χ4n) is 0.944. The van der Waals surface area contributed by atoms with Gasteiger partial charge in [0, 0.05) is 0 Å². The summed E-state index contributed by atoms with van der Waals surface area (Å²) in [5, 5.41) is 3.60. The summed E-state index contributed by atoms with van der Waals surface area (Å²) in [4.78, 5) is 23.1. The molecule has 0 N–H and O–H groups in total. The minimum Gasteiger partial charge on any atom is -0.465 e. The van der Waals surface area contributed by atoms with E-state index in [9.17, 15) is 9.59 Å². The van der Waals surface area contributed by atoms with Gasteiger partial charge in [0.25, 0.3) is 0 Å². The molecule has 4 nitrogen and oxygen atoms in total. The van der Waals surface area contributed by atoms with Crippen LogP contribution in [0.3, 0.4) is 0 Å². The molecule has 0 aromatic heterocycles. The van der Waals surface area contributed by atoms with Crippen LogP contribution in [0.25, 0.3) is 0 Å². The van der Waals surface area contributed by atoms with E-state index in [1.165, 1.54) is 30.6 Å². The molecule has 1 aliphatic heterocycles. The molecule has 16 heavy (non-hydrogen) atoms. The highest BCUT2D eigenvalue weighted by atomic mass is 32.2. The molecule has 0 aromatic rings. The third-order valence-corrected chi connectivity index (χ3v) is 3.77. The van der Waals surface area contributed by atoms with Gasteiger partial charge in [0.15, 0.2) is 5.57 Å². The van der Waals surface area contributed by atoms with E-state index >= 15 is 0 Å². The molecule has 0 unspecified atom stereocenters. The number of methoxy groups -OCH3 is 1. The van der Waals surface area contributed by atoms with E-state index in [4.69, 9.17) is 4.74 Å². The van der Waals surface area contributed by atoms with Gasteiger partial charge in [0.05, 0.1) is 18.0 Å². The van der Waals surface area contributed by atoms with Crippen LogP contribution in [-0.4, -0.2) is 25.7 Å². The van der Waals surface area contributed by atoms with Crippen LogP contribution < -0.4 is 0 Å². The van der Waals surface area contributed by atoms with Crippen molar-refractivity contribution in [2.24, 2.45) is 0 Å². The zero-order valence-electron chi connectivity index (χ0n) is 9.02. The average molecular weight is 260 g/mol. The highest BCUT2D eigenvalue weighted by Crippen LogP contribution is 2.40. The fraction of sp³-hybridized carbons (Fsp3) is 0.400. The number of carbonyl (C=O) groups is 2. The smallest absolute Gasteiger partial charge is 0.347 e. The molecule has 0 aromatic carbocycles. The van der Waals surface area contributed by atoms with Crippen molar-refractivity contribution in [3.63, 3.8) is 0 Å². The number of rotatable bonds is 4. The molecule has 0 aliphatic carbocycles. The molecule has 0 bridgehead atoms. The maximum absolute atomic E-state index is 11.7. The Morgan fingerprint density at radius 2 is 1.88 bits per heavy atom. The monoisotopic (exact) mass is 260 g/mol. The topological polar surface area (TPSA) is 52.6 Å². The van der Waals surface area contributed by atoms with Gasteiger partial charge in [-0.3, -0.25) is 0 Å². The second-order valence-electron chi connectivity index (χ2n) is 2.80. The lowest BCUT2D eigenvalue weighted by Gasteiger charge is -2.07. The van der Waals surface area contributed by atoms with Crippen molar-refractivity contribution in [1.82, 2.24) is 0 Å². The van der Waals surface area contributed by atoms with Crippen LogP contribution in [0.4, 0.5) is 0 Å². The zero-order chi connectivity index (χ0) is 12.0. The van der Waals surface area contributed by atoms with Crippen LogP contribution in [0.1, 0.15) is 13.3 Å². The first kappa shape index (κ1) is 13.2. The molecule has 1 rings (SSSR count). The molecule has 88 valence electrons. The number of esters is 2. The molecule has 0 spiro atoms. The van der Waals surface area contributed by atoms with Crippen molar-refractivity contribution in [3.05, 3.63) is 20.6 Å². The summed E-state index contributed by atoms with van der Waals surface area (Å²) in [7, 11) is 1.24. The third kappa shape index (κ3) is 3.31. The summed E-state index contributed by atoms with van der Waals surface area (Å²) >= 11 is 2.63. The second kappa shape index (κ2) is 6.65. The van der Waals surface area contributed by atoms with Gasteiger partial charge in [0.1, 0.15) is 0 Å². The number of hydrogen-bond donors (Lipinski definition) is 0. The number of hydrogen-bond acceptors (Lipinski definition) is 6. The van der Waals surface area contributed by atoms with Crippen molar-refractivity contribution in [2.45, 2.75) is 13.3 Å². The van der Waals surface area contributed by atoms with Gasteiger partial charge in [0.2, 0.25) is 0 Å². The van der Waals surface area contributed by atoms with Gasteiger partial charge in [-0.25, -0.2) is 9.59 Å². The fourth-order valence-corrected chi connectivity index (χ4v) is 2.76. The quantitative estimate of drug-likeness (QED) is 0.334. The highest BCUT2D eigenvalue weighted by Gasteiger charge is 2.26. The van der Waals surface area contributed by atoms with Gasteiger partial charge in [-0.05, 0) is 17.2 Å². The van der Waals surface area contributed by atoms with Crippen LogP contribution in [0, 0.1) is 0 Å². The number of ether oxygens (including phenoxy) is 2. The molecule has 1 heterocycles. The first-order valence-electron chi connectivity index (χ1n) is 4.68. The normalized spacial score (nSPS) is 13.8. The van der Waals surface area contributed by atoms with Gasteiger partial charge in [-0.15, -0.1) is 0 Å². The Morgan fingerprint density at radius 1 is 1.25 bits per heavy atom. The van der Waals surface area contributed by atoms with Gasteiger partial charge >= 0.3 is 11.9 Å². The van der Waals surface area contributed by atoms with Crippen molar-refractivity contribution in [1.29, 1.82) is 0 Å². The number of carbonyl (C=O) groups excluding carboxylic acids is 2. The summed E-state index contributed by atoms with van der Waals surface area (Å²) in [6.45, 7) is 2.19. The SMILES string of the molecule is CCCOC(=O)C(C(=O)OC)=C1SC=CS1.